The van der Waals surface area contributed by atoms with Gasteiger partial charge in [0.15, 0.2) is 0 Å². The maximum atomic E-state index is 5.78. The first-order valence-corrected chi connectivity index (χ1v) is 4.55. The van der Waals surface area contributed by atoms with Gasteiger partial charge in [-0.25, -0.2) is 0 Å². The van der Waals surface area contributed by atoms with Crippen LogP contribution in [0.25, 0.3) is 10.9 Å². The van der Waals surface area contributed by atoms with Crippen LogP contribution in [0, 0.1) is 6.07 Å². The van der Waals surface area contributed by atoms with Crippen LogP contribution >= 0.6 is 27.5 Å². The van der Waals surface area contributed by atoms with Gasteiger partial charge in [0.1, 0.15) is 0 Å². The Morgan fingerprint density at radius 2 is 2.25 bits per heavy atom. The van der Waals surface area contributed by atoms with Gasteiger partial charge in [0.05, 0.1) is 10.5 Å². The highest BCUT2D eigenvalue weighted by Crippen LogP contribution is 2.23. The van der Waals surface area contributed by atoms with E-state index in [2.05, 4.69) is 27.0 Å². The van der Waals surface area contributed by atoms with E-state index in [9.17, 15) is 0 Å². The van der Waals surface area contributed by atoms with E-state index >= 15 is 0 Å². The smallest absolute Gasteiger partial charge is 0.0845 e. The molecule has 1 aromatic carbocycles. The first kappa shape index (κ1) is 8.02. The summed E-state index contributed by atoms with van der Waals surface area (Å²) >= 11 is 9.16. The molecule has 0 amide bonds. The Morgan fingerprint density at radius 1 is 1.42 bits per heavy atom. The van der Waals surface area contributed by atoms with Crippen molar-refractivity contribution in [2.75, 3.05) is 0 Å². The molecule has 0 fully saturated rings. The molecule has 0 saturated carbocycles. The Balaban J connectivity index is 2.86. The highest BCUT2D eigenvalue weighted by Gasteiger charge is 1.98. The number of pyridine rings is 1. The molecular formula is C9H4BrClN. The Hall–Kier alpha value is -0.600. The lowest BCUT2D eigenvalue weighted by molar-refractivity contribution is 1.40. The lowest BCUT2D eigenvalue weighted by Crippen LogP contribution is -1.79. The fraction of sp³-hybridized carbons (Fsp3) is 0. The van der Waals surface area contributed by atoms with Crippen LogP contribution in [0.1, 0.15) is 0 Å². The molecule has 0 aliphatic heterocycles. The van der Waals surface area contributed by atoms with Gasteiger partial charge in [-0.1, -0.05) is 11.6 Å². The van der Waals surface area contributed by atoms with Crippen LogP contribution in [0.4, 0.5) is 0 Å². The minimum absolute atomic E-state index is 0.647. The molecule has 1 nitrogen and oxygen atoms in total. The van der Waals surface area contributed by atoms with Gasteiger partial charge in [-0.2, -0.15) is 0 Å². The molecule has 0 unspecified atom stereocenters. The van der Waals surface area contributed by atoms with Crippen LogP contribution in [0.5, 0.6) is 0 Å². The third kappa shape index (κ3) is 1.32. The van der Waals surface area contributed by atoms with Gasteiger partial charge in [0.25, 0.3) is 0 Å². The summed E-state index contributed by atoms with van der Waals surface area (Å²) in [7, 11) is 0. The van der Waals surface area contributed by atoms with Crippen molar-refractivity contribution in [3.63, 3.8) is 0 Å². The van der Waals surface area contributed by atoms with Crippen molar-refractivity contribution in [2.45, 2.75) is 0 Å². The summed E-state index contributed by atoms with van der Waals surface area (Å²) in [4.78, 5) is 4.18. The van der Waals surface area contributed by atoms with Crippen molar-refractivity contribution in [1.82, 2.24) is 4.98 Å². The third-order valence-electron chi connectivity index (χ3n) is 1.56. The normalized spacial score (nSPS) is 10.5. The Morgan fingerprint density at radius 3 is 3.08 bits per heavy atom. The third-order valence-corrected chi connectivity index (χ3v) is 2.37. The highest BCUT2D eigenvalue weighted by atomic mass is 79.9. The number of benzene rings is 1. The average Bonchev–Trinajstić information content (AvgIpc) is 2.04. The van der Waals surface area contributed by atoms with Crippen LogP contribution in [-0.2, 0) is 0 Å². The van der Waals surface area contributed by atoms with Gasteiger partial charge in [0, 0.05) is 16.1 Å². The van der Waals surface area contributed by atoms with Gasteiger partial charge in [0.2, 0.25) is 0 Å². The molecule has 1 heterocycles. The van der Waals surface area contributed by atoms with E-state index in [0.717, 1.165) is 15.4 Å². The second-order valence-corrected chi connectivity index (χ2v) is 3.69. The number of hydrogen-bond acceptors (Lipinski definition) is 1. The lowest BCUT2D eigenvalue weighted by Gasteiger charge is -1.98. The standard InChI is InChI=1S/C9H4BrClN/c10-8-3-1-2-6-4-7(11)5-12-9(6)8/h2-5H. The van der Waals surface area contributed by atoms with E-state index in [1.54, 1.807) is 6.20 Å². The van der Waals surface area contributed by atoms with Gasteiger partial charge < -0.3 is 0 Å². The number of aromatic nitrogens is 1. The number of rotatable bonds is 0. The van der Waals surface area contributed by atoms with Crippen molar-refractivity contribution < 1.29 is 0 Å². The zero-order valence-electron chi connectivity index (χ0n) is 6.01. The van der Waals surface area contributed by atoms with Crippen LogP contribution in [0.3, 0.4) is 0 Å². The van der Waals surface area contributed by atoms with Crippen molar-refractivity contribution in [2.24, 2.45) is 0 Å². The number of nitrogens with zero attached hydrogens (tertiary/aromatic N) is 1. The topological polar surface area (TPSA) is 12.9 Å². The van der Waals surface area contributed by atoms with Gasteiger partial charge in [-0.3, -0.25) is 4.98 Å². The van der Waals surface area contributed by atoms with Crippen LogP contribution in [-0.4, -0.2) is 4.98 Å². The molecule has 0 aliphatic carbocycles. The van der Waals surface area contributed by atoms with Crippen molar-refractivity contribution in [3.8, 4) is 0 Å². The minimum atomic E-state index is 0.647. The summed E-state index contributed by atoms with van der Waals surface area (Å²) < 4.78 is 0.941. The summed E-state index contributed by atoms with van der Waals surface area (Å²) in [5.74, 6) is 0. The molecule has 0 N–H and O–H groups in total. The van der Waals surface area contributed by atoms with E-state index in [1.807, 2.05) is 18.2 Å². The molecule has 0 spiro atoms. The van der Waals surface area contributed by atoms with Gasteiger partial charge in [-0.15, -0.1) is 0 Å². The maximum absolute atomic E-state index is 5.78. The molecule has 59 valence electrons. The highest BCUT2D eigenvalue weighted by molar-refractivity contribution is 9.10. The predicted molar refractivity (Wildman–Crippen MR) is 53.3 cm³/mol. The largest absolute Gasteiger partial charge is 0.254 e. The number of hydrogen-bond donors (Lipinski definition) is 0. The van der Waals surface area contributed by atoms with E-state index < -0.39 is 0 Å². The maximum Gasteiger partial charge on any atom is 0.0845 e. The quantitative estimate of drug-likeness (QED) is 0.688. The molecule has 0 saturated heterocycles. The van der Waals surface area contributed by atoms with E-state index in [1.165, 1.54) is 0 Å². The molecular weight excluding hydrogens is 237 g/mol. The first-order valence-electron chi connectivity index (χ1n) is 3.38. The molecule has 2 aromatic rings. The van der Waals surface area contributed by atoms with Crippen molar-refractivity contribution >= 4 is 38.4 Å². The fourth-order valence-corrected chi connectivity index (χ4v) is 1.67. The van der Waals surface area contributed by atoms with Crippen LogP contribution in [0.15, 0.2) is 28.9 Å². The molecule has 12 heavy (non-hydrogen) atoms. The predicted octanol–water partition coefficient (Wildman–Crippen LogP) is 3.45. The summed E-state index contributed by atoms with van der Waals surface area (Å²) in [6.45, 7) is 0. The number of fused-ring (bicyclic) bond motifs is 1. The molecule has 3 heteroatoms. The lowest BCUT2D eigenvalue weighted by atomic mass is 10.2. The zero-order chi connectivity index (χ0) is 8.55. The Bertz CT molecular complexity index is 428. The average molecular weight is 241 g/mol. The molecule has 1 aromatic heterocycles. The Labute approximate surface area is 83.5 Å². The van der Waals surface area contributed by atoms with E-state index in [4.69, 9.17) is 11.6 Å². The SMILES string of the molecule is Clc1cnc2c(Br)c[c]cc2c1. The van der Waals surface area contributed by atoms with Crippen LogP contribution in [0.2, 0.25) is 5.02 Å². The fourth-order valence-electron chi connectivity index (χ4n) is 1.04. The first-order chi connectivity index (χ1) is 5.77. The van der Waals surface area contributed by atoms with E-state index in [0.29, 0.717) is 5.02 Å². The zero-order valence-corrected chi connectivity index (χ0v) is 8.35. The van der Waals surface area contributed by atoms with Crippen LogP contribution < -0.4 is 0 Å². The summed E-state index contributed by atoms with van der Waals surface area (Å²) in [6, 6.07) is 8.55. The number of halogens is 2. The summed E-state index contributed by atoms with van der Waals surface area (Å²) in [6.07, 6.45) is 1.63. The molecule has 0 aliphatic rings. The molecule has 0 atom stereocenters. The van der Waals surface area contributed by atoms with Crippen molar-refractivity contribution in [1.29, 1.82) is 0 Å². The molecule has 1 radical (unpaired) electrons. The second-order valence-electron chi connectivity index (χ2n) is 2.39. The minimum Gasteiger partial charge on any atom is -0.254 e. The summed E-state index contributed by atoms with van der Waals surface area (Å²) in [5, 5.41) is 1.64. The Kier molecular flexibility index (Phi) is 2.03. The second kappa shape index (κ2) is 3.04. The molecule has 0 bridgehead atoms. The summed E-state index contributed by atoms with van der Waals surface area (Å²) in [5.41, 5.74) is 0.915. The van der Waals surface area contributed by atoms with Gasteiger partial charge >= 0.3 is 0 Å². The monoisotopic (exact) mass is 240 g/mol. The van der Waals surface area contributed by atoms with Crippen molar-refractivity contribution in [3.05, 3.63) is 40.0 Å². The van der Waals surface area contributed by atoms with Gasteiger partial charge in [-0.05, 0) is 40.2 Å². The molecule has 2 rings (SSSR count). The van der Waals surface area contributed by atoms with E-state index in [-0.39, 0.29) is 0 Å².